The molecule has 0 saturated heterocycles. The predicted molar refractivity (Wildman–Crippen MR) is 47.1 cm³/mol. The minimum Gasteiger partial charge on any atom is -0.336 e. The van der Waals surface area contributed by atoms with Crippen LogP contribution in [0.3, 0.4) is 0 Å². The molecule has 0 aromatic rings. The molecule has 3 nitrogen and oxygen atoms in total. The lowest BCUT2D eigenvalue weighted by Crippen LogP contribution is -2.21. The first-order chi connectivity index (χ1) is 5.20. The third-order valence-electron chi connectivity index (χ3n) is 1.33. The van der Waals surface area contributed by atoms with Gasteiger partial charge in [0.25, 0.3) is 0 Å². The Morgan fingerprint density at radius 1 is 1.45 bits per heavy atom. The first-order valence-corrected chi connectivity index (χ1v) is 4.02. The molecule has 0 aromatic carbocycles. The Bertz CT molecular complexity index is 152. The minimum atomic E-state index is -0.216. The van der Waals surface area contributed by atoms with Crippen molar-refractivity contribution in [1.82, 2.24) is 5.32 Å². The van der Waals surface area contributed by atoms with E-state index in [1.165, 1.54) is 0 Å². The van der Waals surface area contributed by atoms with E-state index in [1.807, 2.05) is 20.8 Å². The van der Waals surface area contributed by atoms with Crippen molar-refractivity contribution in [3.05, 3.63) is 0 Å². The molecule has 0 aromatic heterocycles. The van der Waals surface area contributed by atoms with Crippen LogP contribution in [0.15, 0.2) is 4.99 Å². The number of nitrogens with one attached hydrogen (secondary N) is 1. The molecule has 64 valence electrons. The van der Waals surface area contributed by atoms with Gasteiger partial charge in [0, 0.05) is 12.3 Å². The molecule has 0 atom stereocenters. The third kappa shape index (κ3) is 5.58. The van der Waals surface area contributed by atoms with Gasteiger partial charge in [0.05, 0.1) is 0 Å². The number of nitrogens with zero attached hydrogens (tertiary/aromatic N) is 1. The van der Waals surface area contributed by atoms with E-state index in [0.717, 1.165) is 18.6 Å². The van der Waals surface area contributed by atoms with E-state index >= 15 is 0 Å². The van der Waals surface area contributed by atoms with E-state index in [0.29, 0.717) is 6.54 Å². The Morgan fingerprint density at radius 2 is 2.09 bits per heavy atom. The van der Waals surface area contributed by atoms with Crippen LogP contribution >= 0.6 is 0 Å². The molecule has 0 bridgehead atoms. The van der Waals surface area contributed by atoms with E-state index in [9.17, 15) is 4.79 Å². The molecule has 0 fully saturated rings. The Labute approximate surface area is 67.9 Å². The SMILES string of the molecule is CCCNC(=O)N=C(C)CC. The Kier molecular flexibility index (Phi) is 5.43. The lowest BCUT2D eigenvalue weighted by atomic mass is 10.3. The van der Waals surface area contributed by atoms with Crippen molar-refractivity contribution >= 4 is 11.7 Å². The molecule has 0 aliphatic heterocycles. The fourth-order valence-corrected chi connectivity index (χ4v) is 0.524. The Balaban J connectivity index is 3.67. The van der Waals surface area contributed by atoms with Gasteiger partial charge in [0.15, 0.2) is 0 Å². The largest absolute Gasteiger partial charge is 0.340 e. The van der Waals surface area contributed by atoms with Gasteiger partial charge in [-0.15, -0.1) is 0 Å². The van der Waals surface area contributed by atoms with Crippen LogP contribution in [-0.2, 0) is 0 Å². The zero-order valence-electron chi connectivity index (χ0n) is 7.48. The summed E-state index contributed by atoms with van der Waals surface area (Å²) in [6, 6.07) is -0.216. The molecule has 2 amide bonds. The molecule has 1 N–H and O–H groups in total. The highest BCUT2D eigenvalue weighted by Gasteiger charge is 1.94. The summed E-state index contributed by atoms with van der Waals surface area (Å²) in [6.07, 6.45) is 1.78. The summed E-state index contributed by atoms with van der Waals surface area (Å²) in [6.45, 7) is 6.55. The van der Waals surface area contributed by atoms with E-state index in [4.69, 9.17) is 0 Å². The van der Waals surface area contributed by atoms with Gasteiger partial charge >= 0.3 is 6.03 Å². The first-order valence-electron chi connectivity index (χ1n) is 4.02. The number of hydrogen-bond donors (Lipinski definition) is 1. The molecular weight excluding hydrogens is 140 g/mol. The summed E-state index contributed by atoms with van der Waals surface area (Å²) in [5, 5.41) is 2.67. The van der Waals surface area contributed by atoms with Crippen LogP contribution in [0.25, 0.3) is 0 Å². The van der Waals surface area contributed by atoms with Gasteiger partial charge in [0.1, 0.15) is 0 Å². The number of amides is 2. The zero-order valence-corrected chi connectivity index (χ0v) is 7.48. The van der Waals surface area contributed by atoms with Crippen molar-refractivity contribution in [3.8, 4) is 0 Å². The van der Waals surface area contributed by atoms with E-state index < -0.39 is 0 Å². The maximum atomic E-state index is 10.9. The van der Waals surface area contributed by atoms with Crippen molar-refractivity contribution in [2.45, 2.75) is 33.6 Å². The molecule has 0 radical (unpaired) electrons. The lowest BCUT2D eigenvalue weighted by Gasteiger charge is -1.98. The van der Waals surface area contributed by atoms with Gasteiger partial charge in [-0.3, -0.25) is 0 Å². The molecule has 3 heteroatoms. The third-order valence-corrected chi connectivity index (χ3v) is 1.33. The summed E-state index contributed by atoms with van der Waals surface area (Å²) in [5.74, 6) is 0. The van der Waals surface area contributed by atoms with Crippen LogP contribution in [0, 0.1) is 0 Å². The molecule has 0 unspecified atom stereocenters. The summed E-state index contributed by atoms with van der Waals surface area (Å²) in [4.78, 5) is 14.7. The second-order valence-corrected chi connectivity index (χ2v) is 2.43. The lowest BCUT2D eigenvalue weighted by molar-refractivity contribution is 0.249. The molecule has 0 spiro atoms. The standard InChI is InChI=1S/C8H16N2O/c1-4-6-9-8(11)10-7(3)5-2/h4-6H2,1-3H3,(H,9,11). The molecule has 11 heavy (non-hydrogen) atoms. The smallest absolute Gasteiger partial charge is 0.336 e. The summed E-state index contributed by atoms with van der Waals surface area (Å²) >= 11 is 0. The van der Waals surface area contributed by atoms with E-state index in [2.05, 4.69) is 10.3 Å². The summed E-state index contributed by atoms with van der Waals surface area (Å²) < 4.78 is 0. The average molecular weight is 156 g/mol. The quantitative estimate of drug-likeness (QED) is 0.624. The molecule has 0 aliphatic carbocycles. The fourth-order valence-electron chi connectivity index (χ4n) is 0.524. The molecular formula is C8H16N2O. The first kappa shape index (κ1) is 10.1. The number of rotatable bonds is 3. The van der Waals surface area contributed by atoms with Crippen molar-refractivity contribution in [1.29, 1.82) is 0 Å². The molecule has 0 heterocycles. The highest BCUT2D eigenvalue weighted by atomic mass is 16.2. The van der Waals surface area contributed by atoms with E-state index in [1.54, 1.807) is 0 Å². The second kappa shape index (κ2) is 5.89. The minimum absolute atomic E-state index is 0.216. The summed E-state index contributed by atoms with van der Waals surface area (Å²) in [5.41, 5.74) is 0.874. The molecule has 0 saturated carbocycles. The highest BCUT2D eigenvalue weighted by Crippen LogP contribution is 1.85. The van der Waals surface area contributed by atoms with Gasteiger partial charge in [-0.25, -0.2) is 9.79 Å². The summed E-state index contributed by atoms with van der Waals surface area (Å²) in [7, 11) is 0. The van der Waals surface area contributed by atoms with Crippen LogP contribution in [0.5, 0.6) is 0 Å². The predicted octanol–water partition coefficient (Wildman–Crippen LogP) is 1.98. The van der Waals surface area contributed by atoms with Crippen molar-refractivity contribution in [2.24, 2.45) is 4.99 Å². The van der Waals surface area contributed by atoms with Crippen LogP contribution in [0.1, 0.15) is 33.6 Å². The van der Waals surface area contributed by atoms with Crippen molar-refractivity contribution < 1.29 is 4.79 Å². The van der Waals surface area contributed by atoms with E-state index in [-0.39, 0.29) is 6.03 Å². The van der Waals surface area contributed by atoms with Gasteiger partial charge in [0.2, 0.25) is 0 Å². The fraction of sp³-hybridized carbons (Fsp3) is 0.750. The van der Waals surface area contributed by atoms with Crippen molar-refractivity contribution in [2.75, 3.05) is 6.54 Å². The maximum absolute atomic E-state index is 10.9. The van der Waals surface area contributed by atoms with Gasteiger partial charge in [-0.05, 0) is 19.8 Å². The number of aliphatic imine (C=N–C) groups is 1. The zero-order chi connectivity index (χ0) is 8.69. The average Bonchev–Trinajstić information content (AvgIpc) is 2.00. The highest BCUT2D eigenvalue weighted by molar-refractivity contribution is 5.93. The van der Waals surface area contributed by atoms with Gasteiger partial charge < -0.3 is 5.32 Å². The number of carbonyl (C=O) groups excluding carboxylic acids is 1. The monoisotopic (exact) mass is 156 g/mol. The number of hydrogen-bond acceptors (Lipinski definition) is 1. The molecule has 0 rings (SSSR count). The van der Waals surface area contributed by atoms with Crippen LogP contribution in [0.2, 0.25) is 0 Å². The Morgan fingerprint density at radius 3 is 2.55 bits per heavy atom. The number of carbonyl (C=O) groups is 1. The molecule has 0 aliphatic rings. The normalized spacial score (nSPS) is 11.4. The van der Waals surface area contributed by atoms with Crippen LogP contribution in [0.4, 0.5) is 4.79 Å². The van der Waals surface area contributed by atoms with Crippen LogP contribution in [-0.4, -0.2) is 18.3 Å². The topological polar surface area (TPSA) is 41.5 Å². The van der Waals surface area contributed by atoms with Gasteiger partial charge in [-0.2, -0.15) is 0 Å². The maximum Gasteiger partial charge on any atom is 0.340 e. The van der Waals surface area contributed by atoms with Crippen molar-refractivity contribution in [3.63, 3.8) is 0 Å². The van der Waals surface area contributed by atoms with Crippen LogP contribution < -0.4 is 5.32 Å². The number of urea groups is 1. The van der Waals surface area contributed by atoms with Gasteiger partial charge in [-0.1, -0.05) is 13.8 Å². The Hall–Kier alpha value is -0.860. The second-order valence-electron chi connectivity index (χ2n) is 2.43.